The predicted octanol–water partition coefficient (Wildman–Crippen LogP) is 2.53. The average Bonchev–Trinajstić information content (AvgIpc) is 3.19. The zero-order chi connectivity index (χ0) is 18.4. The number of carbonyl (C=O) groups is 1. The first-order valence-electron chi connectivity index (χ1n) is 10.6. The molecule has 0 radical (unpaired) electrons. The summed E-state index contributed by atoms with van der Waals surface area (Å²) in [5.74, 6) is 1.02. The van der Waals surface area contributed by atoms with Crippen LogP contribution < -0.4 is 5.32 Å². The van der Waals surface area contributed by atoms with E-state index in [1.54, 1.807) is 19.0 Å². The van der Waals surface area contributed by atoms with Gasteiger partial charge >= 0.3 is 0 Å². The number of aliphatic imine (C=N–C) groups is 1. The van der Waals surface area contributed by atoms with E-state index in [1.807, 2.05) is 0 Å². The molecule has 2 saturated carbocycles. The summed E-state index contributed by atoms with van der Waals surface area (Å²) in [5, 5.41) is 3.66. The lowest BCUT2D eigenvalue weighted by molar-refractivity contribution is -0.127. The largest absolute Gasteiger partial charge is 0.353 e. The Bertz CT molecular complexity index is 479. The van der Waals surface area contributed by atoms with Gasteiger partial charge < -0.3 is 15.1 Å². The molecule has 1 aliphatic heterocycles. The highest BCUT2D eigenvalue weighted by Crippen LogP contribution is 2.24. The molecule has 0 unspecified atom stereocenters. The quantitative estimate of drug-likeness (QED) is 0.373. The lowest BCUT2D eigenvalue weighted by Crippen LogP contribution is -2.56. The van der Waals surface area contributed by atoms with Gasteiger partial charge in [-0.1, -0.05) is 32.1 Å². The number of rotatable bonds is 4. The van der Waals surface area contributed by atoms with Gasteiger partial charge in [-0.3, -0.25) is 9.69 Å². The molecular formula is C20H38IN5O. The maximum atomic E-state index is 12.0. The minimum atomic E-state index is 0. The maximum Gasteiger partial charge on any atom is 0.243 e. The third-order valence-corrected chi connectivity index (χ3v) is 6.26. The number of guanidine groups is 1. The van der Waals surface area contributed by atoms with Gasteiger partial charge in [0.05, 0.1) is 0 Å². The minimum Gasteiger partial charge on any atom is -0.353 e. The van der Waals surface area contributed by atoms with Crippen molar-refractivity contribution in [3.05, 3.63) is 0 Å². The molecule has 1 N–H and O–H groups in total. The Labute approximate surface area is 182 Å². The van der Waals surface area contributed by atoms with Gasteiger partial charge in [0.1, 0.15) is 6.54 Å². The molecule has 1 saturated heterocycles. The predicted molar refractivity (Wildman–Crippen MR) is 122 cm³/mol. The first kappa shape index (κ1) is 22.7. The highest BCUT2D eigenvalue weighted by atomic mass is 127. The number of piperazine rings is 1. The fourth-order valence-corrected chi connectivity index (χ4v) is 4.52. The van der Waals surface area contributed by atoms with Crippen LogP contribution >= 0.6 is 24.0 Å². The maximum absolute atomic E-state index is 12.0. The fourth-order valence-electron chi connectivity index (χ4n) is 4.52. The molecular weight excluding hydrogens is 453 g/mol. The van der Waals surface area contributed by atoms with E-state index in [0.717, 1.165) is 38.2 Å². The van der Waals surface area contributed by atoms with Crippen molar-refractivity contribution in [2.75, 3.05) is 46.8 Å². The third kappa shape index (κ3) is 6.76. The number of nitrogens with one attached hydrogen (secondary N) is 1. The first-order valence-corrected chi connectivity index (χ1v) is 10.6. The highest BCUT2D eigenvalue weighted by Gasteiger charge is 2.27. The van der Waals surface area contributed by atoms with Gasteiger partial charge in [0.15, 0.2) is 5.96 Å². The van der Waals surface area contributed by atoms with Crippen LogP contribution in [0, 0.1) is 0 Å². The van der Waals surface area contributed by atoms with Crippen LogP contribution in [0.1, 0.15) is 57.8 Å². The van der Waals surface area contributed by atoms with Gasteiger partial charge in [0.2, 0.25) is 5.91 Å². The molecule has 0 atom stereocenters. The summed E-state index contributed by atoms with van der Waals surface area (Å²) in [5.41, 5.74) is 0. The minimum absolute atomic E-state index is 0. The summed E-state index contributed by atoms with van der Waals surface area (Å²) in [6.07, 6.45) is 12.0. The van der Waals surface area contributed by atoms with E-state index < -0.39 is 0 Å². The molecule has 156 valence electrons. The fraction of sp³-hybridized carbons (Fsp3) is 0.900. The van der Waals surface area contributed by atoms with Crippen molar-refractivity contribution in [2.45, 2.75) is 69.9 Å². The number of hydrogen-bond donors (Lipinski definition) is 1. The number of halogens is 1. The molecule has 7 heteroatoms. The average molecular weight is 491 g/mol. The monoisotopic (exact) mass is 491 g/mol. The topological polar surface area (TPSA) is 51.2 Å². The third-order valence-electron chi connectivity index (χ3n) is 6.26. The standard InChI is InChI=1S/C20H37N5O.HI/c1-23(2)19(26)16-21-20(22-17-8-6-7-9-17)25-14-12-24(13-15-25)18-10-4-3-5-11-18;/h17-18H,3-16H2,1-2H3,(H,21,22);1H. The molecule has 0 aromatic heterocycles. The molecule has 0 aromatic carbocycles. The van der Waals surface area contributed by atoms with Gasteiger partial charge in [-0.05, 0) is 25.7 Å². The van der Waals surface area contributed by atoms with Crippen molar-refractivity contribution in [3.8, 4) is 0 Å². The van der Waals surface area contributed by atoms with Crippen LogP contribution in [0.25, 0.3) is 0 Å². The Morgan fingerprint density at radius 1 is 0.963 bits per heavy atom. The van der Waals surface area contributed by atoms with Crippen molar-refractivity contribution in [2.24, 2.45) is 4.99 Å². The Balaban J connectivity index is 0.00000261. The van der Waals surface area contributed by atoms with Gasteiger partial charge in [0.25, 0.3) is 0 Å². The van der Waals surface area contributed by atoms with E-state index in [9.17, 15) is 4.79 Å². The van der Waals surface area contributed by atoms with Crippen molar-refractivity contribution >= 4 is 35.8 Å². The summed E-state index contributed by atoms with van der Waals surface area (Å²) in [4.78, 5) is 23.4. The van der Waals surface area contributed by atoms with E-state index in [1.165, 1.54) is 57.8 Å². The molecule has 27 heavy (non-hydrogen) atoms. The summed E-state index contributed by atoms with van der Waals surface area (Å²) in [6.45, 7) is 4.52. The zero-order valence-corrected chi connectivity index (χ0v) is 19.5. The van der Waals surface area contributed by atoms with Crippen LogP contribution in [0.2, 0.25) is 0 Å². The normalized spacial score (nSPS) is 23.2. The first-order chi connectivity index (χ1) is 12.6. The number of likely N-dealkylation sites (N-methyl/N-ethyl adjacent to an activating group) is 1. The highest BCUT2D eigenvalue weighted by molar-refractivity contribution is 14.0. The van der Waals surface area contributed by atoms with Crippen LogP contribution in [-0.2, 0) is 4.79 Å². The summed E-state index contributed by atoms with van der Waals surface area (Å²) >= 11 is 0. The number of amides is 1. The smallest absolute Gasteiger partial charge is 0.243 e. The zero-order valence-electron chi connectivity index (χ0n) is 17.2. The lowest BCUT2D eigenvalue weighted by atomic mass is 9.94. The lowest BCUT2D eigenvalue weighted by Gasteiger charge is -2.42. The van der Waals surface area contributed by atoms with Gasteiger partial charge in [-0.2, -0.15) is 0 Å². The second-order valence-corrected chi connectivity index (χ2v) is 8.37. The molecule has 1 amide bonds. The van der Waals surface area contributed by atoms with Crippen LogP contribution in [0.4, 0.5) is 0 Å². The Morgan fingerprint density at radius 3 is 2.15 bits per heavy atom. The van der Waals surface area contributed by atoms with Crippen LogP contribution in [0.15, 0.2) is 4.99 Å². The SMILES string of the molecule is CN(C)C(=O)CN=C(NC1CCCC1)N1CCN(C2CCCCC2)CC1.I. The van der Waals surface area contributed by atoms with Crippen molar-refractivity contribution < 1.29 is 4.79 Å². The summed E-state index contributed by atoms with van der Waals surface area (Å²) in [7, 11) is 3.59. The molecule has 3 aliphatic rings. The Morgan fingerprint density at radius 2 is 1.56 bits per heavy atom. The second-order valence-electron chi connectivity index (χ2n) is 8.37. The molecule has 0 aromatic rings. The number of nitrogens with zero attached hydrogens (tertiary/aromatic N) is 4. The van der Waals surface area contributed by atoms with E-state index >= 15 is 0 Å². The Kier molecular flexibility index (Phi) is 9.62. The van der Waals surface area contributed by atoms with E-state index in [-0.39, 0.29) is 36.4 Å². The van der Waals surface area contributed by atoms with Crippen molar-refractivity contribution in [1.29, 1.82) is 0 Å². The van der Waals surface area contributed by atoms with E-state index in [4.69, 9.17) is 4.99 Å². The van der Waals surface area contributed by atoms with Crippen LogP contribution in [0.5, 0.6) is 0 Å². The molecule has 6 nitrogen and oxygen atoms in total. The Hall–Kier alpha value is -0.570. The van der Waals surface area contributed by atoms with Crippen LogP contribution in [0.3, 0.4) is 0 Å². The summed E-state index contributed by atoms with van der Waals surface area (Å²) in [6, 6.07) is 1.32. The number of carbonyl (C=O) groups excluding carboxylic acids is 1. The van der Waals surface area contributed by atoms with Gasteiger partial charge in [-0.25, -0.2) is 4.99 Å². The summed E-state index contributed by atoms with van der Waals surface area (Å²) < 4.78 is 0. The second kappa shape index (κ2) is 11.4. The molecule has 0 bridgehead atoms. The van der Waals surface area contributed by atoms with Gasteiger partial charge in [0, 0.05) is 52.4 Å². The van der Waals surface area contributed by atoms with E-state index in [2.05, 4.69) is 15.1 Å². The molecule has 3 rings (SSSR count). The van der Waals surface area contributed by atoms with Gasteiger partial charge in [-0.15, -0.1) is 24.0 Å². The van der Waals surface area contributed by atoms with E-state index in [0.29, 0.717) is 6.04 Å². The number of hydrogen-bond acceptors (Lipinski definition) is 3. The van der Waals surface area contributed by atoms with Crippen molar-refractivity contribution in [3.63, 3.8) is 0 Å². The van der Waals surface area contributed by atoms with Crippen molar-refractivity contribution in [1.82, 2.24) is 20.0 Å². The molecule has 2 aliphatic carbocycles. The molecule has 1 heterocycles. The van der Waals surface area contributed by atoms with Crippen LogP contribution in [-0.4, -0.2) is 85.5 Å². The molecule has 0 spiro atoms. The molecule has 3 fully saturated rings.